The van der Waals surface area contributed by atoms with Crippen molar-refractivity contribution in [3.05, 3.63) is 11.3 Å². The summed E-state index contributed by atoms with van der Waals surface area (Å²) < 4.78 is 7.65. The highest BCUT2D eigenvalue weighted by atomic mass is 32.1. The van der Waals surface area contributed by atoms with Crippen LogP contribution in [0.25, 0.3) is 0 Å². The standard InChI is InChI=1S/C13H21N3OS/c1-9-11(12(14)18)13(16(2)15-9)17-8-10-6-4-3-5-7-10/h10H,3-8H2,1-2H3,(H2,14,18). The molecule has 0 radical (unpaired) electrons. The number of nitrogens with zero attached hydrogens (tertiary/aromatic N) is 2. The van der Waals surface area contributed by atoms with Gasteiger partial charge in [0.25, 0.3) is 0 Å². The summed E-state index contributed by atoms with van der Waals surface area (Å²) in [7, 11) is 1.87. The Kier molecular flexibility index (Phi) is 4.22. The second-order valence-electron chi connectivity index (χ2n) is 5.07. The Bertz CT molecular complexity index is 436. The molecule has 1 saturated carbocycles. The smallest absolute Gasteiger partial charge is 0.222 e. The van der Waals surface area contributed by atoms with E-state index in [1.54, 1.807) is 4.68 Å². The molecule has 0 unspecified atom stereocenters. The average molecular weight is 267 g/mol. The molecule has 1 aliphatic rings. The van der Waals surface area contributed by atoms with E-state index < -0.39 is 0 Å². The van der Waals surface area contributed by atoms with Gasteiger partial charge in [0.1, 0.15) is 4.99 Å². The monoisotopic (exact) mass is 267 g/mol. The van der Waals surface area contributed by atoms with Crippen LogP contribution < -0.4 is 10.5 Å². The van der Waals surface area contributed by atoms with Crippen molar-refractivity contribution in [2.24, 2.45) is 18.7 Å². The first-order valence-corrected chi connectivity index (χ1v) is 6.96. The Balaban J connectivity index is 2.06. The molecule has 0 aromatic carbocycles. The van der Waals surface area contributed by atoms with E-state index in [-0.39, 0.29) is 0 Å². The first kappa shape index (κ1) is 13.3. The third-order valence-corrected chi connectivity index (χ3v) is 3.80. The first-order valence-electron chi connectivity index (χ1n) is 6.55. The molecule has 1 heterocycles. The second kappa shape index (κ2) is 5.69. The zero-order valence-corrected chi connectivity index (χ0v) is 11.9. The molecule has 5 heteroatoms. The third kappa shape index (κ3) is 2.83. The quantitative estimate of drug-likeness (QED) is 0.851. The van der Waals surface area contributed by atoms with E-state index in [0.717, 1.165) is 17.9 Å². The predicted molar refractivity (Wildman–Crippen MR) is 75.9 cm³/mol. The predicted octanol–water partition coefficient (Wildman–Crippen LogP) is 2.32. The van der Waals surface area contributed by atoms with Crippen LogP contribution in [0.2, 0.25) is 0 Å². The van der Waals surface area contributed by atoms with Crippen molar-refractivity contribution >= 4 is 17.2 Å². The Morgan fingerprint density at radius 3 is 2.72 bits per heavy atom. The van der Waals surface area contributed by atoms with Crippen molar-refractivity contribution in [2.45, 2.75) is 39.0 Å². The molecule has 1 fully saturated rings. The number of nitrogens with two attached hydrogens (primary N) is 1. The van der Waals surface area contributed by atoms with Gasteiger partial charge >= 0.3 is 0 Å². The Morgan fingerprint density at radius 2 is 2.11 bits per heavy atom. The van der Waals surface area contributed by atoms with Gasteiger partial charge in [-0.2, -0.15) is 5.10 Å². The van der Waals surface area contributed by atoms with Gasteiger partial charge in [-0.05, 0) is 25.7 Å². The largest absolute Gasteiger partial charge is 0.477 e. The number of aryl methyl sites for hydroxylation is 2. The Hall–Kier alpha value is -1.10. The minimum Gasteiger partial charge on any atom is -0.477 e. The maximum absolute atomic E-state index is 5.92. The highest BCUT2D eigenvalue weighted by molar-refractivity contribution is 7.80. The maximum atomic E-state index is 5.92. The van der Waals surface area contributed by atoms with Gasteiger partial charge in [0, 0.05) is 7.05 Å². The number of ether oxygens (including phenoxy) is 1. The van der Waals surface area contributed by atoms with Crippen LogP contribution >= 0.6 is 12.2 Å². The van der Waals surface area contributed by atoms with E-state index in [1.165, 1.54) is 32.1 Å². The lowest BCUT2D eigenvalue weighted by molar-refractivity contribution is 0.196. The Labute approximate surface area is 113 Å². The van der Waals surface area contributed by atoms with E-state index in [2.05, 4.69) is 5.10 Å². The van der Waals surface area contributed by atoms with Crippen LogP contribution in [0.15, 0.2) is 0 Å². The third-order valence-electron chi connectivity index (χ3n) is 3.60. The minimum atomic E-state index is 0.360. The van der Waals surface area contributed by atoms with Crippen molar-refractivity contribution in [3.8, 4) is 5.88 Å². The van der Waals surface area contributed by atoms with Crippen LogP contribution in [0.1, 0.15) is 43.4 Å². The SMILES string of the molecule is Cc1nn(C)c(OCC2CCCCC2)c1C(N)=S. The van der Waals surface area contributed by atoms with E-state index >= 15 is 0 Å². The summed E-state index contributed by atoms with van der Waals surface area (Å²) in [5, 5.41) is 4.32. The number of hydrogen-bond donors (Lipinski definition) is 1. The fourth-order valence-electron chi connectivity index (χ4n) is 2.64. The second-order valence-corrected chi connectivity index (χ2v) is 5.51. The molecule has 0 saturated heterocycles. The molecule has 0 atom stereocenters. The molecule has 2 N–H and O–H groups in total. The molecule has 100 valence electrons. The molecular formula is C13H21N3OS. The van der Waals surface area contributed by atoms with Gasteiger partial charge in [0.15, 0.2) is 0 Å². The highest BCUT2D eigenvalue weighted by Gasteiger charge is 2.19. The summed E-state index contributed by atoms with van der Waals surface area (Å²) in [5.41, 5.74) is 7.35. The maximum Gasteiger partial charge on any atom is 0.222 e. The lowest BCUT2D eigenvalue weighted by Crippen LogP contribution is -2.18. The van der Waals surface area contributed by atoms with Crippen LogP contribution in [0.4, 0.5) is 0 Å². The van der Waals surface area contributed by atoms with Gasteiger partial charge in [-0.3, -0.25) is 0 Å². The van der Waals surface area contributed by atoms with Crippen molar-refractivity contribution in [2.75, 3.05) is 6.61 Å². The molecule has 1 aromatic heterocycles. The topological polar surface area (TPSA) is 53.1 Å². The van der Waals surface area contributed by atoms with Crippen molar-refractivity contribution < 1.29 is 4.74 Å². The van der Waals surface area contributed by atoms with Crippen LogP contribution in [0, 0.1) is 12.8 Å². The highest BCUT2D eigenvalue weighted by Crippen LogP contribution is 2.26. The van der Waals surface area contributed by atoms with Crippen LogP contribution in [0.3, 0.4) is 0 Å². The summed E-state index contributed by atoms with van der Waals surface area (Å²) in [4.78, 5) is 0.360. The molecular weight excluding hydrogens is 246 g/mol. The number of thiocarbonyl (C=S) groups is 1. The number of hydrogen-bond acceptors (Lipinski definition) is 3. The molecule has 1 aliphatic carbocycles. The van der Waals surface area contributed by atoms with E-state index in [9.17, 15) is 0 Å². The van der Waals surface area contributed by atoms with Crippen molar-refractivity contribution in [3.63, 3.8) is 0 Å². The lowest BCUT2D eigenvalue weighted by atomic mass is 9.90. The van der Waals surface area contributed by atoms with Crippen molar-refractivity contribution in [1.29, 1.82) is 0 Å². The molecule has 0 spiro atoms. The van der Waals surface area contributed by atoms with E-state index in [1.807, 2.05) is 14.0 Å². The minimum absolute atomic E-state index is 0.360. The fraction of sp³-hybridized carbons (Fsp3) is 0.692. The van der Waals surface area contributed by atoms with Gasteiger partial charge in [0.2, 0.25) is 5.88 Å². The van der Waals surface area contributed by atoms with E-state index in [4.69, 9.17) is 22.7 Å². The summed E-state index contributed by atoms with van der Waals surface area (Å²) in [6.45, 7) is 2.65. The molecule has 2 rings (SSSR count). The zero-order chi connectivity index (χ0) is 13.1. The molecule has 18 heavy (non-hydrogen) atoms. The molecule has 4 nitrogen and oxygen atoms in total. The van der Waals surface area contributed by atoms with Gasteiger partial charge < -0.3 is 10.5 Å². The van der Waals surface area contributed by atoms with Crippen LogP contribution in [0.5, 0.6) is 5.88 Å². The molecule has 0 aliphatic heterocycles. The number of rotatable bonds is 4. The summed E-state index contributed by atoms with van der Waals surface area (Å²) >= 11 is 5.07. The van der Waals surface area contributed by atoms with Crippen molar-refractivity contribution in [1.82, 2.24) is 9.78 Å². The normalized spacial score (nSPS) is 16.8. The molecule has 0 bridgehead atoms. The first-order chi connectivity index (χ1) is 8.59. The van der Waals surface area contributed by atoms with Crippen LogP contribution in [-0.2, 0) is 7.05 Å². The number of aromatic nitrogens is 2. The van der Waals surface area contributed by atoms with Crippen LogP contribution in [-0.4, -0.2) is 21.4 Å². The summed E-state index contributed by atoms with van der Waals surface area (Å²) in [6, 6.07) is 0. The summed E-state index contributed by atoms with van der Waals surface area (Å²) in [5.74, 6) is 1.37. The Morgan fingerprint density at radius 1 is 1.44 bits per heavy atom. The van der Waals surface area contributed by atoms with E-state index in [0.29, 0.717) is 16.8 Å². The lowest BCUT2D eigenvalue weighted by Gasteiger charge is -2.21. The summed E-state index contributed by atoms with van der Waals surface area (Å²) in [6.07, 6.45) is 6.53. The van der Waals surface area contributed by atoms with Gasteiger partial charge in [-0.1, -0.05) is 31.5 Å². The van der Waals surface area contributed by atoms with Gasteiger partial charge in [-0.25, -0.2) is 4.68 Å². The fourth-order valence-corrected chi connectivity index (χ4v) is 2.87. The van der Waals surface area contributed by atoms with Gasteiger partial charge in [-0.15, -0.1) is 0 Å². The molecule has 1 aromatic rings. The molecule has 0 amide bonds. The average Bonchev–Trinajstić information content (AvgIpc) is 2.62. The van der Waals surface area contributed by atoms with Gasteiger partial charge in [0.05, 0.1) is 17.9 Å². The zero-order valence-electron chi connectivity index (χ0n) is 11.1.